The smallest absolute Gasteiger partial charge is 0.191 e. The molecular formula is C17H27N3OS. The molecule has 122 valence electrons. The monoisotopic (exact) mass is 321 g/mol. The van der Waals surface area contributed by atoms with Gasteiger partial charge in [0.15, 0.2) is 5.96 Å². The lowest BCUT2D eigenvalue weighted by Gasteiger charge is -2.15. The standard InChI is InChI=1S/C17H27N3OS/c1-3-18-17(20-12-16-9-6-10-22-16)19-11-14-7-4-5-8-15(14)13-21-2/h4-5,7-8,16H,3,6,9-13H2,1-2H3,(H2,18,19,20). The van der Waals surface area contributed by atoms with Crippen LogP contribution in [-0.4, -0.2) is 37.2 Å². The number of aliphatic imine (C=N–C) groups is 1. The van der Waals surface area contributed by atoms with Crippen molar-refractivity contribution in [3.63, 3.8) is 0 Å². The maximum atomic E-state index is 5.26. The van der Waals surface area contributed by atoms with Crippen molar-refractivity contribution in [2.24, 2.45) is 4.99 Å². The van der Waals surface area contributed by atoms with E-state index >= 15 is 0 Å². The van der Waals surface area contributed by atoms with Gasteiger partial charge in [-0.1, -0.05) is 24.3 Å². The molecule has 0 saturated carbocycles. The van der Waals surface area contributed by atoms with E-state index in [2.05, 4.69) is 47.5 Å². The van der Waals surface area contributed by atoms with Crippen LogP contribution >= 0.6 is 11.8 Å². The first kappa shape index (κ1) is 17.2. The van der Waals surface area contributed by atoms with Crippen LogP contribution in [0.4, 0.5) is 0 Å². The van der Waals surface area contributed by atoms with Crippen LogP contribution in [0.25, 0.3) is 0 Å². The zero-order chi connectivity index (χ0) is 15.6. The number of hydrogen-bond acceptors (Lipinski definition) is 3. The minimum Gasteiger partial charge on any atom is -0.380 e. The molecule has 0 bridgehead atoms. The van der Waals surface area contributed by atoms with E-state index in [1.807, 2.05) is 6.07 Å². The van der Waals surface area contributed by atoms with E-state index in [0.717, 1.165) is 24.3 Å². The summed E-state index contributed by atoms with van der Waals surface area (Å²) in [5.74, 6) is 2.20. The average molecular weight is 321 g/mol. The Hall–Kier alpha value is -1.20. The molecule has 1 aromatic carbocycles. The van der Waals surface area contributed by atoms with Crippen molar-refractivity contribution < 1.29 is 4.74 Å². The second-order valence-electron chi connectivity index (χ2n) is 5.41. The summed E-state index contributed by atoms with van der Waals surface area (Å²) in [5, 5.41) is 7.52. The molecule has 0 amide bonds. The molecule has 1 atom stereocenters. The zero-order valence-corrected chi connectivity index (χ0v) is 14.4. The fourth-order valence-corrected chi connectivity index (χ4v) is 3.73. The SMILES string of the molecule is CCNC(=NCc1ccccc1COC)NCC1CCCS1. The van der Waals surface area contributed by atoms with Gasteiger partial charge in [-0.15, -0.1) is 0 Å². The molecule has 0 radical (unpaired) electrons. The Labute approximate surface area is 138 Å². The first-order chi connectivity index (χ1) is 10.8. The number of nitrogens with one attached hydrogen (secondary N) is 2. The van der Waals surface area contributed by atoms with Gasteiger partial charge in [0.25, 0.3) is 0 Å². The minimum atomic E-state index is 0.633. The summed E-state index contributed by atoms with van der Waals surface area (Å²) in [6.07, 6.45) is 2.66. The Kier molecular flexibility index (Phi) is 7.60. The fourth-order valence-electron chi connectivity index (χ4n) is 2.53. The van der Waals surface area contributed by atoms with Crippen LogP contribution in [-0.2, 0) is 17.9 Å². The molecule has 1 aliphatic rings. The second-order valence-corrected chi connectivity index (χ2v) is 6.82. The van der Waals surface area contributed by atoms with Crippen LogP contribution in [0.15, 0.2) is 29.3 Å². The van der Waals surface area contributed by atoms with Gasteiger partial charge in [-0.2, -0.15) is 11.8 Å². The van der Waals surface area contributed by atoms with Crippen LogP contribution in [0.2, 0.25) is 0 Å². The lowest BCUT2D eigenvalue weighted by atomic mass is 10.1. The van der Waals surface area contributed by atoms with Crippen molar-refractivity contribution in [3.8, 4) is 0 Å². The summed E-state index contributed by atoms with van der Waals surface area (Å²) in [6, 6.07) is 8.32. The summed E-state index contributed by atoms with van der Waals surface area (Å²) in [6.45, 7) is 5.28. The highest BCUT2D eigenvalue weighted by molar-refractivity contribution is 8.00. The lowest BCUT2D eigenvalue weighted by molar-refractivity contribution is 0.184. The van der Waals surface area contributed by atoms with E-state index in [1.165, 1.54) is 29.7 Å². The molecule has 1 saturated heterocycles. The number of ether oxygens (including phenoxy) is 1. The van der Waals surface area contributed by atoms with Gasteiger partial charge in [0.2, 0.25) is 0 Å². The van der Waals surface area contributed by atoms with Crippen LogP contribution < -0.4 is 10.6 Å². The summed E-state index contributed by atoms with van der Waals surface area (Å²) >= 11 is 2.06. The highest BCUT2D eigenvalue weighted by atomic mass is 32.2. The second kappa shape index (κ2) is 9.74. The third kappa shape index (κ3) is 5.54. The molecule has 1 fully saturated rings. The predicted molar refractivity (Wildman–Crippen MR) is 95.5 cm³/mol. The molecule has 2 rings (SSSR count). The molecule has 4 nitrogen and oxygen atoms in total. The molecule has 22 heavy (non-hydrogen) atoms. The van der Waals surface area contributed by atoms with Crippen molar-refractivity contribution in [1.82, 2.24) is 10.6 Å². The normalized spacial score (nSPS) is 18.5. The largest absolute Gasteiger partial charge is 0.380 e. The first-order valence-electron chi connectivity index (χ1n) is 8.03. The number of methoxy groups -OCH3 is 1. The maximum Gasteiger partial charge on any atom is 0.191 e. The number of nitrogens with zero attached hydrogens (tertiary/aromatic N) is 1. The van der Waals surface area contributed by atoms with Crippen molar-refractivity contribution in [2.75, 3.05) is 26.0 Å². The van der Waals surface area contributed by atoms with E-state index in [9.17, 15) is 0 Å². The van der Waals surface area contributed by atoms with Gasteiger partial charge in [0, 0.05) is 25.4 Å². The van der Waals surface area contributed by atoms with Crippen molar-refractivity contribution in [1.29, 1.82) is 0 Å². The third-order valence-electron chi connectivity index (χ3n) is 3.69. The fraction of sp³-hybridized carbons (Fsp3) is 0.588. The molecular weight excluding hydrogens is 294 g/mol. The average Bonchev–Trinajstić information content (AvgIpc) is 3.05. The highest BCUT2D eigenvalue weighted by Gasteiger charge is 2.15. The van der Waals surface area contributed by atoms with Gasteiger partial charge < -0.3 is 15.4 Å². The molecule has 1 aromatic rings. The Morgan fingerprint density at radius 1 is 1.32 bits per heavy atom. The maximum absolute atomic E-state index is 5.26. The highest BCUT2D eigenvalue weighted by Crippen LogP contribution is 2.25. The van der Waals surface area contributed by atoms with Crippen molar-refractivity contribution in [3.05, 3.63) is 35.4 Å². The molecule has 0 aromatic heterocycles. The Bertz CT molecular complexity index is 473. The van der Waals surface area contributed by atoms with Gasteiger partial charge >= 0.3 is 0 Å². The Morgan fingerprint density at radius 3 is 2.82 bits per heavy atom. The summed E-state index contributed by atoms with van der Waals surface area (Å²) in [4.78, 5) is 4.72. The molecule has 1 heterocycles. The molecule has 1 unspecified atom stereocenters. The van der Waals surface area contributed by atoms with E-state index in [-0.39, 0.29) is 0 Å². The van der Waals surface area contributed by atoms with Gasteiger partial charge in [-0.05, 0) is 36.6 Å². The first-order valence-corrected chi connectivity index (χ1v) is 9.08. The summed E-state index contributed by atoms with van der Waals surface area (Å²) in [5.41, 5.74) is 2.42. The number of guanidine groups is 1. The van der Waals surface area contributed by atoms with Crippen LogP contribution in [0.3, 0.4) is 0 Å². The number of benzene rings is 1. The summed E-state index contributed by atoms with van der Waals surface area (Å²) < 4.78 is 5.26. The zero-order valence-electron chi connectivity index (χ0n) is 13.6. The van der Waals surface area contributed by atoms with E-state index < -0.39 is 0 Å². The van der Waals surface area contributed by atoms with Crippen LogP contribution in [0, 0.1) is 0 Å². The predicted octanol–water partition coefficient (Wildman–Crippen LogP) is 2.78. The van der Waals surface area contributed by atoms with E-state index in [4.69, 9.17) is 9.73 Å². The molecule has 5 heteroatoms. The van der Waals surface area contributed by atoms with Crippen LogP contribution in [0.1, 0.15) is 30.9 Å². The van der Waals surface area contributed by atoms with Crippen molar-refractivity contribution >= 4 is 17.7 Å². The quantitative estimate of drug-likeness (QED) is 0.599. The number of rotatable bonds is 7. The summed E-state index contributed by atoms with van der Waals surface area (Å²) in [7, 11) is 1.73. The molecule has 1 aliphatic heterocycles. The molecule has 0 aliphatic carbocycles. The third-order valence-corrected chi connectivity index (χ3v) is 5.09. The van der Waals surface area contributed by atoms with Gasteiger partial charge in [-0.25, -0.2) is 4.99 Å². The van der Waals surface area contributed by atoms with Gasteiger partial charge in [0.05, 0.1) is 13.2 Å². The number of hydrogen-bond donors (Lipinski definition) is 2. The van der Waals surface area contributed by atoms with Crippen LogP contribution in [0.5, 0.6) is 0 Å². The topological polar surface area (TPSA) is 45.7 Å². The molecule has 0 spiro atoms. The Morgan fingerprint density at radius 2 is 2.14 bits per heavy atom. The lowest BCUT2D eigenvalue weighted by Crippen LogP contribution is -2.40. The van der Waals surface area contributed by atoms with E-state index in [0.29, 0.717) is 13.2 Å². The van der Waals surface area contributed by atoms with Crippen molar-refractivity contribution in [2.45, 2.75) is 38.2 Å². The molecule has 2 N–H and O–H groups in total. The van der Waals surface area contributed by atoms with E-state index in [1.54, 1.807) is 7.11 Å². The van der Waals surface area contributed by atoms with Gasteiger partial charge in [0.1, 0.15) is 0 Å². The van der Waals surface area contributed by atoms with Gasteiger partial charge in [-0.3, -0.25) is 0 Å². The number of thioether (sulfide) groups is 1. The minimum absolute atomic E-state index is 0.633. The Balaban J connectivity index is 1.93.